The lowest BCUT2D eigenvalue weighted by molar-refractivity contribution is -0.114. The van der Waals surface area contributed by atoms with E-state index in [0.29, 0.717) is 24.5 Å². The highest BCUT2D eigenvalue weighted by atomic mass is 79.9. The molecule has 2 N–H and O–H groups in total. The summed E-state index contributed by atoms with van der Waals surface area (Å²) in [4.78, 5) is 11.3. The fourth-order valence-corrected chi connectivity index (χ4v) is 2.88. The maximum absolute atomic E-state index is 11.3. The normalized spacial score (nSPS) is 11.0. The molecule has 0 saturated carbocycles. The van der Waals surface area contributed by atoms with E-state index in [9.17, 15) is 4.79 Å². The third-order valence-corrected chi connectivity index (χ3v) is 4.28. The number of benzene rings is 2. The zero-order chi connectivity index (χ0) is 19.8. The van der Waals surface area contributed by atoms with Crippen LogP contribution in [0.1, 0.15) is 23.6 Å². The molecular formula is C21H21BrN2O3. The number of hydrogen-bond donors (Lipinski definition) is 1. The van der Waals surface area contributed by atoms with Crippen LogP contribution in [-0.4, -0.2) is 19.1 Å². The summed E-state index contributed by atoms with van der Waals surface area (Å²) >= 11 is 3.37. The molecule has 0 saturated heterocycles. The van der Waals surface area contributed by atoms with Crippen LogP contribution in [0.5, 0.6) is 11.5 Å². The van der Waals surface area contributed by atoms with Crippen molar-refractivity contribution in [3.8, 4) is 17.6 Å². The van der Waals surface area contributed by atoms with Crippen LogP contribution < -0.4 is 15.2 Å². The number of carbonyl (C=O) groups excluding carboxylic acids is 1. The summed E-state index contributed by atoms with van der Waals surface area (Å²) in [6, 6.07) is 13.3. The predicted molar refractivity (Wildman–Crippen MR) is 108 cm³/mol. The van der Waals surface area contributed by atoms with E-state index in [2.05, 4.69) is 28.9 Å². The van der Waals surface area contributed by atoms with Gasteiger partial charge in [0.15, 0.2) is 0 Å². The third kappa shape index (κ3) is 6.15. The molecule has 0 spiro atoms. The lowest BCUT2D eigenvalue weighted by Crippen LogP contribution is -2.13. The first-order chi connectivity index (χ1) is 12.9. The van der Waals surface area contributed by atoms with Gasteiger partial charge in [-0.15, -0.1) is 0 Å². The summed E-state index contributed by atoms with van der Waals surface area (Å²) in [5, 5.41) is 9.03. The van der Waals surface area contributed by atoms with E-state index in [4.69, 9.17) is 20.5 Å². The van der Waals surface area contributed by atoms with Crippen molar-refractivity contribution in [1.29, 1.82) is 5.26 Å². The van der Waals surface area contributed by atoms with E-state index < -0.39 is 5.91 Å². The fraction of sp³-hybridized carbons (Fsp3) is 0.238. The van der Waals surface area contributed by atoms with E-state index in [-0.39, 0.29) is 5.57 Å². The Morgan fingerprint density at radius 3 is 2.63 bits per heavy atom. The van der Waals surface area contributed by atoms with Gasteiger partial charge >= 0.3 is 0 Å². The second-order valence-corrected chi connectivity index (χ2v) is 6.84. The molecular weight excluding hydrogens is 408 g/mol. The Balaban J connectivity index is 2.05. The van der Waals surface area contributed by atoms with Crippen LogP contribution in [0.4, 0.5) is 0 Å². The molecule has 2 aromatic carbocycles. The number of aryl methyl sites for hydroxylation is 2. The van der Waals surface area contributed by atoms with Gasteiger partial charge in [-0.2, -0.15) is 5.26 Å². The van der Waals surface area contributed by atoms with Gasteiger partial charge in [0.1, 0.15) is 36.4 Å². The fourth-order valence-electron chi connectivity index (χ4n) is 2.50. The molecule has 0 atom stereocenters. The highest BCUT2D eigenvalue weighted by Crippen LogP contribution is 2.26. The van der Waals surface area contributed by atoms with E-state index in [1.54, 1.807) is 18.2 Å². The SMILES string of the molecule is CCc1cc(C)cc(OCCOc2ccc(Br)cc2/C=C(/C#N)C(N)=O)c1. The molecule has 2 aromatic rings. The summed E-state index contributed by atoms with van der Waals surface area (Å²) < 4.78 is 12.4. The number of ether oxygens (including phenoxy) is 2. The van der Waals surface area contributed by atoms with Crippen LogP contribution in [0.3, 0.4) is 0 Å². The number of halogens is 1. The van der Waals surface area contributed by atoms with E-state index in [0.717, 1.165) is 22.2 Å². The lowest BCUT2D eigenvalue weighted by atomic mass is 10.1. The number of nitriles is 1. The molecule has 0 bridgehead atoms. The minimum atomic E-state index is -0.780. The van der Waals surface area contributed by atoms with Crippen molar-refractivity contribution in [2.45, 2.75) is 20.3 Å². The van der Waals surface area contributed by atoms with Gasteiger partial charge in [-0.3, -0.25) is 4.79 Å². The first-order valence-electron chi connectivity index (χ1n) is 8.50. The molecule has 27 heavy (non-hydrogen) atoms. The Morgan fingerprint density at radius 2 is 1.96 bits per heavy atom. The molecule has 0 unspecified atom stereocenters. The first kappa shape index (κ1) is 20.5. The van der Waals surface area contributed by atoms with Crippen molar-refractivity contribution in [1.82, 2.24) is 0 Å². The Bertz CT molecular complexity index is 901. The number of rotatable bonds is 8. The summed E-state index contributed by atoms with van der Waals surface area (Å²) in [5.74, 6) is 0.569. The number of primary amides is 1. The van der Waals surface area contributed by atoms with Crippen LogP contribution in [-0.2, 0) is 11.2 Å². The summed E-state index contributed by atoms with van der Waals surface area (Å²) in [7, 11) is 0. The minimum Gasteiger partial charge on any atom is -0.490 e. The van der Waals surface area contributed by atoms with Crippen LogP contribution in [0.2, 0.25) is 0 Å². The van der Waals surface area contributed by atoms with E-state index in [1.165, 1.54) is 11.6 Å². The number of hydrogen-bond acceptors (Lipinski definition) is 4. The van der Waals surface area contributed by atoms with Crippen molar-refractivity contribution in [2.75, 3.05) is 13.2 Å². The molecule has 0 aromatic heterocycles. The molecule has 5 nitrogen and oxygen atoms in total. The Morgan fingerprint density at radius 1 is 1.22 bits per heavy atom. The molecule has 6 heteroatoms. The standard InChI is InChI=1S/C21H21BrN2O3/c1-3-15-8-14(2)9-19(10-15)26-6-7-27-20-5-4-18(22)12-16(20)11-17(13-23)21(24)25/h4-5,8-12H,3,6-7H2,1-2H3,(H2,24,25)/b17-11-. The van der Waals surface area contributed by atoms with E-state index in [1.807, 2.05) is 25.1 Å². The van der Waals surface area contributed by atoms with Crippen molar-refractivity contribution in [2.24, 2.45) is 5.73 Å². The van der Waals surface area contributed by atoms with Gasteiger partial charge < -0.3 is 15.2 Å². The second kappa shape index (κ2) is 9.79. The molecule has 0 radical (unpaired) electrons. The maximum atomic E-state index is 11.3. The van der Waals surface area contributed by atoms with Crippen molar-refractivity contribution in [3.05, 3.63) is 63.1 Å². The molecule has 0 heterocycles. The predicted octanol–water partition coefficient (Wildman–Crippen LogP) is 4.17. The number of nitrogens with two attached hydrogens (primary N) is 1. The van der Waals surface area contributed by atoms with Crippen molar-refractivity contribution < 1.29 is 14.3 Å². The van der Waals surface area contributed by atoms with Gasteiger partial charge in [-0.1, -0.05) is 28.9 Å². The molecule has 140 valence electrons. The number of amides is 1. The topological polar surface area (TPSA) is 85.3 Å². The zero-order valence-corrected chi connectivity index (χ0v) is 16.9. The molecule has 1 amide bonds. The minimum absolute atomic E-state index is 0.138. The van der Waals surface area contributed by atoms with Crippen LogP contribution >= 0.6 is 15.9 Å². The summed E-state index contributed by atoms with van der Waals surface area (Å²) in [6.45, 7) is 4.82. The van der Waals surface area contributed by atoms with Crippen molar-refractivity contribution >= 4 is 27.9 Å². The van der Waals surface area contributed by atoms with Gasteiger partial charge in [0, 0.05) is 10.0 Å². The van der Waals surface area contributed by atoms with E-state index >= 15 is 0 Å². The Labute approximate surface area is 167 Å². The van der Waals surface area contributed by atoms with Gasteiger partial charge in [-0.05, 0) is 60.9 Å². The largest absolute Gasteiger partial charge is 0.490 e. The van der Waals surface area contributed by atoms with Gasteiger partial charge in [0.25, 0.3) is 5.91 Å². The average Bonchev–Trinajstić information content (AvgIpc) is 2.63. The summed E-state index contributed by atoms with van der Waals surface area (Å²) in [6.07, 6.45) is 2.36. The monoisotopic (exact) mass is 428 g/mol. The smallest absolute Gasteiger partial charge is 0.259 e. The molecule has 0 aliphatic carbocycles. The molecule has 0 fully saturated rings. The Kier molecular flexibility index (Phi) is 7.44. The zero-order valence-electron chi connectivity index (χ0n) is 15.3. The highest BCUT2D eigenvalue weighted by molar-refractivity contribution is 9.10. The first-order valence-corrected chi connectivity index (χ1v) is 9.29. The van der Waals surface area contributed by atoms with Crippen LogP contribution in [0.25, 0.3) is 6.08 Å². The second-order valence-electron chi connectivity index (χ2n) is 5.92. The van der Waals surface area contributed by atoms with Gasteiger partial charge in [0.05, 0.1) is 0 Å². The third-order valence-electron chi connectivity index (χ3n) is 3.79. The van der Waals surface area contributed by atoms with Gasteiger partial charge in [0.2, 0.25) is 0 Å². The van der Waals surface area contributed by atoms with Crippen LogP contribution in [0, 0.1) is 18.3 Å². The van der Waals surface area contributed by atoms with Gasteiger partial charge in [-0.25, -0.2) is 0 Å². The quantitative estimate of drug-likeness (QED) is 0.388. The summed E-state index contributed by atoms with van der Waals surface area (Å²) in [5.41, 5.74) is 8.03. The molecule has 0 aliphatic rings. The molecule has 0 aliphatic heterocycles. The lowest BCUT2D eigenvalue weighted by Gasteiger charge is -2.12. The van der Waals surface area contributed by atoms with Crippen molar-refractivity contribution in [3.63, 3.8) is 0 Å². The highest BCUT2D eigenvalue weighted by Gasteiger charge is 2.08. The average molecular weight is 429 g/mol. The number of carbonyl (C=O) groups is 1. The number of nitrogens with zero attached hydrogens (tertiary/aromatic N) is 1. The Hall–Kier alpha value is -2.78. The molecule has 2 rings (SSSR count). The van der Waals surface area contributed by atoms with Crippen LogP contribution in [0.15, 0.2) is 46.4 Å². The maximum Gasteiger partial charge on any atom is 0.259 e.